The molecule has 1 N–H and O–H groups in total. The molecule has 0 amide bonds. The number of carbonyl (C=O) groups is 1. The van der Waals surface area contributed by atoms with Crippen molar-refractivity contribution in [3.63, 3.8) is 0 Å². The zero-order valence-corrected chi connectivity index (χ0v) is 10.4. The first kappa shape index (κ1) is 11.9. The lowest BCUT2D eigenvalue weighted by atomic mass is 10.2. The summed E-state index contributed by atoms with van der Waals surface area (Å²) in [6.07, 6.45) is 1.33. The van der Waals surface area contributed by atoms with Crippen molar-refractivity contribution < 1.29 is 14.6 Å². The molecule has 4 nitrogen and oxygen atoms in total. The van der Waals surface area contributed by atoms with E-state index in [0.717, 1.165) is 16.9 Å². The number of thiazole rings is 1. The van der Waals surface area contributed by atoms with Gasteiger partial charge in [0.1, 0.15) is 15.6 Å². The highest BCUT2D eigenvalue weighted by Crippen LogP contribution is 2.32. The molecule has 0 aliphatic rings. The van der Waals surface area contributed by atoms with Crippen molar-refractivity contribution in [2.75, 3.05) is 7.11 Å². The van der Waals surface area contributed by atoms with E-state index in [4.69, 9.17) is 21.4 Å². The number of hydrogen-bond donors (Lipinski definition) is 1. The highest BCUT2D eigenvalue weighted by molar-refractivity contribution is 7.16. The maximum Gasteiger partial charge on any atom is 0.347 e. The van der Waals surface area contributed by atoms with E-state index in [2.05, 4.69) is 4.98 Å². The van der Waals surface area contributed by atoms with Gasteiger partial charge >= 0.3 is 5.97 Å². The number of aromatic carboxylic acids is 1. The second kappa shape index (κ2) is 4.73. The summed E-state index contributed by atoms with van der Waals surface area (Å²) in [7, 11) is 1.53. The van der Waals surface area contributed by atoms with Crippen LogP contribution in [0.1, 0.15) is 9.67 Å². The molecule has 0 bridgehead atoms. The minimum absolute atomic E-state index is 0.201. The fourth-order valence-electron chi connectivity index (χ4n) is 1.31. The van der Waals surface area contributed by atoms with Crippen LogP contribution in [0.4, 0.5) is 0 Å². The third-order valence-electron chi connectivity index (χ3n) is 2.12. The van der Waals surface area contributed by atoms with Gasteiger partial charge in [-0.3, -0.25) is 0 Å². The van der Waals surface area contributed by atoms with Crippen LogP contribution in [0.2, 0.25) is 5.02 Å². The quantitative estimate of drug-likeness (QED) is 0.930. The molecule has 2 aromatic rings. The van der Waals surface area contributed by atoms with E-state index in [-0.39, 0.29) is 4.88 Å². The molecule has 6 heteroatoms. The summed E-state index contributed by atoms with van der Waals surface area (Å²) in [5.41, 5.74) is 0.772. The molecular weight excluding hydrogens is 262 g/mol. The number of ether oxygens (including phenoxy) is 1. The first-order chi connectivity index (χ1) is 8.11. The summed E-state index contributed by atoms with van der Waals surface area (Å²) in [4.78, 5) is 15.0. The predicted molar refractivity (Wildman–Crippen MR) is 66.1 cm³/mol. The number of methoxy groups -OCH3 is 1. The highest BCUT2D eigenvalue weighted by Gasteiger charge is 2.11. The second-order valence-corrected chi connectivity index (χ2v) is 4.62. The Kier molecular flexibility index (Phi) is 3.31. The molecule has 0 unspecified atom stereocenters. The van der Waals surface area contributed by atoms with Gasteiger partial charge in [0.15, 0.2) is 0 Å². The minimum Gasteiger partial charge on any atom is -0.495 e. The molecule has 0 aliphatic carbocycles. The van der Waals surface area contributed by atoms with Crippen LogP contribution in [-0.2, 0) is 0 Å². The Labute approximate surface area is 106 Å². The summed E-state index contributed by atoms with van der Waals surface area (Å²) in [5.74, 6) is -0.404. The molecule has 0 aliphatic heterocycles. The van der Waals surface area contributed by atoms with Gasteiger partial charge in [0.2, 0.25) is 0 Å². The van der Waals surface area contributed by atoms with E-state index in [1.807, 2.05) is 0 Å². The number of nitrogens with zero attached hydrogens (tertiary/aromatic N) is 1. The summed E-state index contributed by atoms with van der Waals surface area (Å²) >= 11 is 7.09. The zero-order valence-electron chi connectivity index (χ0n) is 8.81. The second-order valence-electron chi connectivity index (χ2n) is 3.18. The van der Waals surface area contributed by atoms with Crippen LogP contribution in [0.25, 0.3) is 10.6 Å². The Hall–Kier alpha value is -1.59. The normalized spacial score (nSPS) is 10.2. The number of hydrogen-bond acceptors (Lipinski definition) is 4. The van der Waals surface area contributed by atoms with Gasteiger partial charge in [-0.2, -0.15) is 0 Å². The van der Waals surface area contributed by atoms with E-state index in [1.54, 1.807) is 18.2 Å². The van der Waals surface area contributed by atoms with Gasteiger partial charge in [-0.05, 0) is 18.2 Å². The minimum atomic E-state index is -0.978. The molecule has 0 saturated heterocycles. The van der Waals surface area contributed by atoms with Gasteiger partial charge in [0.05, 0.1) is 18.3 Å². The summed E-state index contributed by atoms with van der Waals surface area (Å²) in [6, 6.07) is 5.21. The monoisotopic (exact) mass is 269 g/mol. The Morgan fingerprint density at radius 1 is 1.53 bits per heavy atom. The van der Waals surface area contributed by atoms with E-state index in [0.29, 0.717) is 15.8 Å². The van der Waals surface area contributed by atoms with E-state index in [1.165, 1.54) is 13.3 Å². The average molecular weight is 270 g/mol. The predicted octanol–water partition coefficient (Wildman–Crippen LogP) is 3.17. The van der Waals surface area contributed by atoms with E-state index in [9.17, 15) is 4.79 Å². The molecule has 1 aromatic heterocycles. The Morgan fingerprint density at radius 2 is 2.29 bits per heavy atom. The molecule has 0 radical (unpaired) electrons. The number of carboxylic acid groups (broad SMARTS) is 1. The van der Waals surface area contributed by atoms with Crippen molar-refractivity contribution in [3.8, 4) is 16.3 Å². The maximum atomic E-state index is 10.7. The Bertz CT molecular complexity index is 568. The van der Waals surface area contributed by atoms with Gasteiger partial charge in [-0.15, -0.1) is 11.3 Å². The zero-order chi connectivity index (χ0) is 12.4. The lowest BCUT2D eigenvalue weighted by Crippen LogP contribution is -1.89. The summed E-state index contributed by atoms with van der Waals surface area (Å²) in [5, 5.41) is 9.89. The van der Waals surface area contributed by atoms with Crippen LogP contribution in [0, 0.1) is 0 Å². The van der Waals surface area contributed by atoms with Crippen LogP contribution in [0.5, 0.6) is 5.75 Å². The standard InChI is InChI=1S/C11H8ClNO3S/c1-16-8-3-2-6(4-7(8)12)10-13-5-9(17-10)11(14)15/h2-5H,1H3,(H,14,15). The van der Waals surface area contributed by atoms with Gasteiger partial charge in [0.25, 0.3) is 0 Å². The maximum absolute atomic E-state index is 10.7. The molecule has 1 heterocycles. The SMILES string of the molecule is COc1ccc(-c2ncc(C(=O)O)s2)cc1Cl. The lowest BCUT2D eigenvalue weighted by Gasteiger charge is -2.03. The largest absolute Gasteiger partial charge is 0.495 e. The average Bonchev–Trinajstić information content (AvgIpc) is 2.78. The topological polar surface area (TPSA) is 59.4 Å². The molecule has 0 spiro atoms. The molecule has 88 valence electrons. The van der Waals surface area contributed by atoms with Crippen molar-refractivity contribution in [1.82, 2.24) is 4.98 Å². The van der Waals surface area contributed by atoms with E-state index >= 15 is 0 Å². The van der Waals surface area contributed by atoms with Crippen LogP contribution < -0.4 is 4.74 Å². The lowest BCUT2D eigenvalue weighted by molar-refractivity contribution is 0.0702. The first-order valence-electron chi connectivity index (χ1n) is 4.65. The Balaban J connectivity index is 2.39. The number of benzene rings is 1. The third kappa shape index (κ3) is 2.40. The fourth-order valence-corrected chi connectivity index (χ4v) is 2.31. The highest BCUT2D eigenvalue weighted by atomic mass is 35.5. The van der Waals surface area contributed by atoms with Gasteiger partial charge in [-0.25, -0.2) is 9.78 Å². The van der Waals surface area contributed by atoms with Crippen molar-refractivity contribution in [2.45, 2.75) is 0 Å². The van der Waals surface area contributed by atoms with Crippen molar-refractivity contribution in [1.29, 1.82) is 0 Å². The van der Waals surface area contributed by atoms with Crippen LogP contribution in [0.3, 0.4) is 0 Å². The van der Waals surface area contributed by atoms with Gasteiger partial charge in [-0.1, -0.05) is 11.6 Å². The number of rotatable bonds is 3. The molecular formula is C11H8ClNO3S. The van der Waals surface area contributed by atoms with Gasteiger partial charge in [0, 0.05) is 5.56 Å². The van der Waals surface area contributed by atoms with Crippen LogP contribution in [0.15, 0.2) is 24.4 Å². The van der Waals surface area contributed by atoms with E-state index < -0.39 is 5.97 Å². The number of aromatic nitrogens is 1. The van der Waals surface area contributed by atoms with Crippen molar-refractivity contribution in [3.05, 3.63) is 34.3 Å². The van der Waals surface area contributed by atoms with Crippen LogP contribution in [-0.4, -0.2) is 23.2 Å². The molecule has 17 heavy (non-hydrogen) atoms. The van der Waals surface area contributed by atoms with Crippen LogP contribution >= 0.6 is 22.9 Å². The van der Waals surface area contributed by atoms with Crippen molar-refractivity contribution >= 4 is 28.9 Å². The summed E-state index contributed by atoms with van der Waals surface area (Å²) < 4.78 is 5.04. The molecule has 0 atom stereocenters. The molecule has 0 saturated carbocycles. The molecule has 0 fully saturated rings. The molecule has 1 aromatic carbocycles. The third-order valence-corrected chi connectivity index (χ3v) is 3.44. The Morgan fingerprint density at radius 3 is 2.82 bits per heavy atom. The van der Waals surface area contributed by atoms with Gasteiger partial charge < -0.3 is 9.84 Å². The number of carboxylic acids is 1. The smallest absolute Gasteiger partial charge is 0.347 e. The first-order valence-corrected chi connectivity index (χ1v) is 5.84. The number of halogens is 1. The summed E-state index contributed by atoms with van der Waals surface area (Å²) in [6.45, 7) is 0. The fraction of sp³-hybridized carbons (Fsp3) is 0.0909. The van der Waals surface area contributed by atoms with Crippen molar-refractivity contribution in [2.24, 2.45) is 0 Å². The molecule has 2 rings (SSSR count).